The molecule has 0 unspecified atom stereocenters. The first-order valence-corrected chi connectivity index (χ1v) is 14.1. The average molecular weight is 588 g/mol. The lowest BCUT2D eigenvalue weighted by molar-refractivity contribution is -0.111. The molecule has 1 amide bonds. The van der Waals surface area contributed by atoms with Crippen molar-refractivity contribution in [2.75, 3.05) is 57.0 Å². The average Bonchev–Trinajstić information content (AvgIpc) is 2.98. The third-order valence-corrected chi connectivity index (χ3v) is 7.25. The minimum absolute atomic E-state index is 0.309. The number of aromatic nitrogens is 3. The highest BCUT2D eigenvalue weighted by Crippen LogP contribution is 2.35. The molecule has 1 aliphatic heterocycles. The highest BCUT2D eigenvalue weighted by Gasteiger charge is 2.16. The third-order valence-electron chi connectivity index (χ3n) is 6.96. The molecule has 0 saturated carbocycles. The molecule has 1 fully saturated rings. The van der Waals surface area contributed by atoms with Crippen molar-refractivity contribution in [3.8, 4) is 11.5 Å². The summed E-state index contributed by atoms with van der Waals surface area (Å²) in [5.74, 6) is 1.29. The van der Waals surface area contributed by atoms with Gasteiger partial charge < -0.3 is 25.0 Å². The molecule has 42 heavy (non-hydrogen) atoms. The van der Waals surface area contributed by atoms with E-state index < -0.39 is 0 Å². The van der Waals surface area contributed by atoms with Crippen molar-refractivity contribution in [2.45, 2.75) is 13.5 Å². The fourth-order valence-electron chi connectivity index (χ4n) is 4.60. The zero-order chi connectivity index (χ0) is 29.5. The van der Waals surface area contributed by atoms with Crippen molar-refractivity contribution in [3.05, 3.63) is 83.9 Å². The van der Waals surface area contributed by atoms with Crippen LogP contribution in [-0.4, -0.2) is 77.0 Å². The van der Waals surface area contributed by atoms with Crippen LogP contribution in [0.25, 0.3) is 10.9 Å². The summed E-state index contributed by atoms with van der Waals surface area (Å²) in [4.78, 5) is 30.3. The van der Waals surface area contributed by atoms with E-state index in [0.717, 1.165) is 44.1 Å². The minimum Gasteiger partial charge on any atom is -0.490 e. The molecule has 2 aromatic carbocycles. The van der Waals surface area contributed by atoms with Crippen LogP contribution in [0, 0.1) is 6.92 Å². The molecular weight excluding hydrogens is 554 g/mol. The number of likely N-dealkylation sites (N-methyl/N-ethyl adjacent to an activating group) is 1. The lowest BCUT2D eigenvalue weighted by Gasteiger charge is -2.32. The number of hydrogen-bond acceptors (Lipinski definition) is 9. The van der Waals surface area contributed by atoms with Gasteiger partial charge in [-0.2, -0.15) is 0 Å². The molecule has 3 heterocycles. The first-order chi connectivity index (χ1) is 20.4. The second-order valence-corrected chi connectivity index (χ2v) is 10.5. The van der Waals surface area contributed by atoms with E-state index in [1.54, 1.807) is 18.2 Å². The second-order valence-electron chi connectivity index (χ2n) is 10.1. The van der Waals surface area contributed by atoms with Crippen LogP contribution < -0.4 is 20.1 Å². The van der Waals surface area contributed by atoms with Crippen LogP contribution in [-0.2, 0) is 11.4 Å². The number of nitrogens with zero attached hydrogens (tertiary/aromatic N) is 5. The smallest absolute Gasteiger partial charge is 0.247 e. The molecular formula is C31H34ClN7O3. The molecule has 0 spiro atoms. The molecule has 2 N–H and O–H groups in total. The van der Waals surface area contributed by atoms with E-state index in [0.29, 0.717) is 57.8 Å². The summed E-state index contributed by atoms with van der Waals surface area (Å²) in [5, 5.41) is 7.31. The van der Waals surface area contributed by atoms with Gasteiger partial charge in [-0.05, 0) is 56.4 Å². The maximum absolute atomic E-state index is 12.3. The Bertz CT molecular complexity index is 1570. The molecule has 0 atom stereocenters. The third kappa shape index (κ3) is 7.52. The molecule has 0 radical (unpaired) electrons. The van der Waals surface area contributed by atoms with Crippen LogP contribution in [0.5, 0.6) is 11.5 Å². The number of nitrogens with one attached hydrogen (secondary N) is 2. The fourth-order valence-corrected chi connectivity index (χ4v) is 4.84. The Hall–Kier alpha value is -4.25. The Morgan fingerprint density at radius 3 is 2.67 bits per heavy atom. The number of amides is 1. The lowest BCUT2D eigenvalue weighted by atomic mass is 10.1. The van der Waals surface area contributed by atoms with Crippen LogP contribution in [0.3, 0.4) is 0 Å². The number of pyridine rings is 1. The van der Waals surface area contributed by atoms with Gasteiger partial charge in [-0.15, -0.1) is 0 Å². The number of carbonyl (C=O) groups excluding carboxylic acids is 1. The van der Waals surface area contributed by atoms with E-state index in [4.69, 9.17) is 21.1 Å². The van der Waals surface area contributed by atoms with E-state index in [9.17, 15) is 4.79 Å². The van der Waals surface area contributed by atoms with Crippen LogP contribution >= 0.6 is 11.6 Å². The molecule has 218 valence electrons. The summed E-state index contributed by atoms with van der Waals surface area (Å²) in [5.41, 5.74) is 3.63. The van der Waals surface area contributed by atoms with Crippen LogP contribution in [0.15, 0.2) is 67.5 Å². The monoisotopic (exact) mass is 587 g/mol. The zero-order valence-corrected chi connectivity index (χ0v) is 24.5. The summed E-state index contributed by atoms with van der Waals surface area (Å²) in [6, 6.07) is 14.8. The number of halogens is 1. The molecule has 2 aromatic heterocycles. The number of ether oxygens (including phenoxy) is 2. The van der Waals surface area contributed by atoms with E-state index >= 15 is 0 Å². The second kappa shape index (κ2) is 13.6. The largest absolute Gasteiger partial charge is 0.490 e. The summed E-state index contributed by atoms with van der Waals surface area (Å²) in [7, 11) is 2.13. The van der Waals surface area contributed by atoms with Gasteiger partial charge in [0.05, 0.1) is 21.9 Å². The Kier molecular flexibility index (Phi) is 9.48. The summed E-state index contributed by atoms with van der Waals surface area (Å²) in [6.07, 6.45) is 2.70. The number of piperazine rings is 1. The normalized spacial score (nSPS) is 14.0. The summed E-state index contributed by atoms with van der Waals surface area (Å²) >= 11 is 6.54. The predicted molar refractivity (Wildman–Crippen MR) is 166 cm³/mol. The van der Waals surface area contributed by atoms with Gasteiger partial charge in [0.25, 0.3) is 0 Å². The highest BCUT2D eigenvalue weighted by atomic mass is 35.5. The van der Waals surface area contributed by atoms with E-state index in [1.807, 2.05) is 37.3 Å². The van der Waals surface area contributed by atoms with Gasteiger partial charge in [0.15, 0.2) is 0 Å². The van der Waals surface area contributed by atoms with E-state index in [-0.39, 0.29) is 5.91 Å². The predicted octanol–water partition coefficient (Wildman–Crippen LogP) is 5.06. The quantitative estimate of drug-likeness (QED) is 0.233. The summed E-state index contributed by atoms with van der Waals surface area (Å²) < 4.78 is 12.0. The van der Waals surface area contributed by atoms with Gasteiger partial charge in [0, 0.05) is 55.6 Å². The molecule has 0 bridgehead atoms. The zero-order valence-electron chi connectivity index (χ0n) is 23.8. The lowest BCUT2D eigenvalue weighted by Crippen LogP contribution is -2.45. The van der Waals surface area contributed by atoms with E-state index in [1.165, 1.54) is 12.4 Å². The van der Waals surface area contributed by atoms with Crippen LogP contribution in [0.1, 0.15) is 11.4 Å². The maximum Gasteiger partial charge on any atom is 0.247 e. The Morgan fingerprint density at radius 2 is 1.90 bits per heavy atom. The van der Waals surface area contributed by atoms with Gasteiger partial charge in [-0.25, -0.2) is 9.97 Å². The number of aryl methyl sites for hydroxylation is 1. The molecule has 1 aliphatic rings. The van der Waals surface area contributed by atoms with Crippen molar-refractivity contribution in [2.24, 2.45) is 0 Å². The SMILES string of the molecule is C=CC(=O)Nc1cc2c(Nc3ccc(OCc4cccc(C)n4)c(Cl)c3)ncnc2cc1OCCN1CCN(C)CC1. The molecule has 10 nitrogen and oxygen atoms in total. The van der Waals surface area contributed by atoms with Crippen molar-refractivity contribution in [1.82, 2.24) is 24.8 Å². The molecule has 1 saturated heterocycles. The van der Waals surface area contributed by atoms with Crippen molar-refractivity contribution >= 4 is 45.6 Å². The van der Waals surface area contributed by atoms with Gasteiger partial charge in [-0.1, -0.05) is 24.2 Å². The number of hydrogen-bond donors (Lipinski definition) is 2. The highest BCUT2D eigenvalue weighted by molar-refractivity contribution is 6.32. The molecule has 0 aliphatic carbocycles. The van der Waals surface area contributed by atoms with Gasteiger partial charge >= 0.3 is 0 Å². The number of fused-ring (bicyclic) bond motifs is 1. The molecule has 4 aromatic rings. The number of carbonyl (C=O) groups is 1. The molecule has 5 rings (SSSR count). The Morgan fingerprint density at radius 1 is 1.07 bits per heavy atom. The first kappa shape index (κ1) is 29.2. The van der Waals surface area contributed by atoms with Crippen molar-refractivity contribution in [1.29, 1.82) is 0 Å². The fraction of sp³-hybridized carbons (Fsp3) is 0.290. The van der Waals surface area contributed by atoms with Crippen LogP contribution in [0.4, 0.5) is 17.2 Å². The van der Waals surface area contributed by atoms with E-state index in [2.05, 4.69) is 49.0 Å². The minimum atomic E-state index is -0.340. The maximum atomic E-state index is 12.3. The number of anilines is 3. The standard InChI is InChI=1S/C31H34ClN7O3/c1-4-30(40)37-27-17-24-26(18-29(27)41-15-14-39-12-10-38(3)11-13-39)33-20-34-31(24)36-22-8-9-28(25(32)16-22)42-19-23-7-5-6-21(2)35-23/h4-9,16-18,20H,1,10-15,19H2,2-3H3,(H,37,40)(H,33,34,36). The van der Waals surface area contributed by atoms with Crippen molar-refractivity contribution in [3.63, 3.8) is 0 Å². The topological polar surface area (TPSA) is 105 Å². The number of benzene rings is 2. The first-order valence-electron chi connectivity index (χ1n) is 13.8. The van der Waals surface area contributed by atoms with Gasteiger partial charge in [0.1, 0.15) is 36.9 Å². The van der Waals surface area contributed by atoms with Crippen LogP contribution in [0.2, 0.25) is 5.02 Å². The molecule has 11 heteroatoms. The summed E-state index contributed by atoms with van der Waals surface area (Å²) in [6.45, 7) is 11.2. The van der Waals surface area contributed by atoms with Gasteiger partial charge in [0.2, 0.25) is 5.91 Å². The Balaban J connectivity index is 1.32. The number of rotatable bonds is 11. The van der Waals surface area contributed by atoms with Gasteiger partial charge in [-0.3, -0.25) is 14.7 Å². The Labute approximate surface area is 250 Å². The van der Waals surface area contributed by atoms with Crippen molar-refractivity contribution < 1.29 is 14.3 Å².